The van der Waals surface area contributed by atoms with Gasteiger partial charge in [0.05, 0.1) is 16.6 Å². The van der Waals surface area contributed by atoms with Crippen molar-refractivity contribution in [1.29, 1.82) is 0 Å². The van der Waals surface area contributed by atoms with E-state index in [9.17, 15) is 4.79 Å². The second-order valence-corrected chi connectivity index (χ2v) is 5.96. The Balaban J connectivity index is 2.05. The first-order valence-electron chi connectivity index (χ1n) is 7.65. The van der Waals surface area contributed by atoms with Crippen LogP contribution in [-0.4, -0.2) is 34.0 Å². The van der Waals surface area contributed by atoms with E-state index >= 15 is 0 Å². The van der Waals surface area contributed by atoms with Crippen molar-refractivity contribution in [3.05, 3.63) is 23.0 Å². The summed E-state index contributed by atoms with van der Waals surface area (Å²) in [4.78, 5) is 19.3. The number of fused-ring (bicyclic) bond motifs is 1. The third-order valence-electron chi connectivity index (χ3n) is 4.21. The molecule has 0 bridgehead atoms. The average molecular weight is 287 g/mol. The van der Waals surface area contributed by atoms with Gasteiger partial charge in [-0.3, -0.25) is 4.79 Å². The zero-order valence-electron chi connectivity index (χ0n) is 12.8. The average Bonchev–Trinajstić information content (AvgIpc) is 2.87. The van der Waals surface area contributed by atoms with Crippen LogP contribution in [0.3, 0.4) is 0 Å². The number of carbonyl (C=O) groups is 1. The van der Waals surface area contributed by atoms with E-state index in [1.807, 2.05) is 24.8 Å². The smallest absolute Gasteiger partial charge is 0.258 e. The van der Waals surface area contributed by atoms with Crippen molar-refractivity contribution < 1.29 is 9.32 Å². The molecule has 2 aromatic heterocycles. The number of hydrogen-bond donors (Lipinski definition) is 0. The zero-order valence-corrected chi connectivity index (χ0v) is 12.8. The molecular formula is C16H21N3O2. The van der Waals surface area contributed by atoms with Gasteiger partial charge in [0.15, 0.2) is 0 Å². The molecule has 21 heavy (non-hydrogen) atoms. The van der Waals surface area contributed by atoms with E-state index < -0.39 is 0 Å². The molecule has 0 unspecified atom stereocenters. The van der Waals surface area contributed by atoms with Crippen molar-refractivity contribution >= 4 is 17.0 Å². The molecule has 1 aliphatic heterocycles. The molecule has 0 aromatic carbocycles. The largest absolute Gasteiger partial charge is 0.338 e. The summed E-state index contributed by atoms with van der Waals surface area (Å²) in [6.07, 6.45) is 3.04. The third kappa shape index (κ3) is 2.52. The van der Waals surface area contributed by atoms with Gasteiger partial charge in [0.2, 0.25) is 0 Å². The summed E-state index contributed by atoms with van der Waals surface area (Å²) in [6.45, 7) is 7.74. The Morgan fingerprint density at radius 3 is 3.05 bits per heavy atom. The molecule has 1 fully saturated rings. The number of pyridine rings is 1. The Labute approximate surface area is 124 Å². The van der Waals surface area contributed by atoms with Crippen molar-refractivity contribution in [1.82, 2.24) is 15.0 Å². The van der Waals surface area contributed by atoms with Crippen LogP contribution in [0.15, 0.2) is 10.6 Å². The molecule has 112 valence electrons. The second-order valence-electron chi connectivity index (χ2n) is 5.96. The highest BCUT2D eigenvalue weighted by Gasteiger charge is 2.26. The minimum absolute atomic E-state index is 0.0787. The van der Waals surface area contributed by atoms with Crippen LogP contribution in [-0.2, 0) is 6.42 Å². The molecular weight excluding hydrogens is 266 g/mol. The zero-order chi connectivity index (χ0) is 15.0. The molecule has 0 radical (unpaired) electrons. The van der Waals surface area contributed by atoms with E-state index in [1.165, 1.54) is 6.42 Å². The lowest BCUT2D eigenvalue weighted by Gasteiger charge is -2.31. The maximum Gasteiger partial charge on any atom is 0.258 e. The first-order chi connectivity index (χ1) is 10.1. The van der Waals surface area contributed by atoms with Gasteiger partial charge in [0.25, 0.3) is 11.6 Å². The Kier molecular flexibility index (Phi) is 3.66. The molecule has 1 saturated heterocycles. The van der Waals surface area contributed by atoms with Gasteiger partial charge in [-0.1, -0.05) is 19.0 Å². The lowest BCUT2D eigenvalue weighted by molar-refractivity contribution is 0.0685. The molecule has 1 aliphatic rings. The highest BCUT2D eigenvalue weighted by Crippen LogP contribution is 2.25. The summed E-state index contributed by atoms with van der Waals surface area (Å²) in [5, 5.41) is 4.73. The molecule has 3 rings (SSSR count). The molecule has 0 aliphatic carbocycles. The lowest BCUT2D eigenvalue weighted by Crippen LogP contribution is -2.39. The number of piperidine rings is 1. The van der Waals surface area contributed by atoms with Crippen LogP contribution >= 0.6 is 0 Å². The van der Waals surface area contributed by atoms with Gasteiger partial charge in [-0.15, -0.1) is 0 Å². The highest BCUT2D eigenvalue weighted by atomic mass is 16.5. The van der Waals surface area contributed by atoms with Crippen LogP contribution in [0.5, 0.6) is 0 Å². The number of nitrogens with zero attached hydrogens (tertiary/aromatic N) is 3. The van der Waals surface area contributed by atoms with Gasteiger partial charge < -0.3 is 9.42 Å². The summed E-state index contributed by atoms with van der Waals surface area (Å²) >= 11 is 0. The van der Waals surface area contributed by atoms with Crippen molar-refractivity contribution in [2.75, 3.05) is 13.1 Å². The predicted octanol–water partition coefficient (Wildman–Crippen LogP) is 2.97. The Hall–Kier alpha value is -1.91. The third-order valence-corrected chi connectivity index (χ3v) is 4.21. The van der Waals surface area contributed by atoms with Gasteiger partial charge in [0.1, 0.15) is 0 Å². The number of likely N-dealkylation sites (tertiary alicyclic amines) is 1. The van der Waals surface area contributed by atoms with E-state index in [0.717, 1.165) is 42.7 Å². The van der Waals surface area contributed by atoms with Crippen molar-refractivity contribution in [2.45, 2.75) is 40.0 Å². The maximum atomic E-state index is 12.9. The number of amides is 1. The number of aryl methyl sites for hydroxylation is 2. The fraction of sp³-hybridized carbons (Fsp3) is 0.562. The van der Waals surface area contributed by atoms with Crippen molar-refractivity contribution in [2.24, 2.45) is 5.92 Å². The van der Waals surface area contributed by atoms with E-state index in [-0.39, 0.29) is 5.91 Å². The first-order valence-corrected chi connectivity index (χ1v) is 7.65. The topological polar surface area (TPSA) is 59.2 Å². The van der Waals surface area contributed by atoms with Crippen LogP contribution in [0.4, 0.5) is 0 Å². The second kappa shape index (κ2) is 5.47. The summed E-state index contributed by atoms with van der Waals surface area (Å²) in [7, 11) is 0. The fourth-order valence-corrected chi connectivity index (χ4v) is 3.04. The molecule has 5 nitrogen and oxygen atoms in total. The Morgan fingerprint density at radius 1 is 1.52 bits per heavy atom. The fourth-order valence-electron chi connectivity index (χ4n) is 3.04. The molecule has 2 aromatic rings. The van der Waals surface area contributed by atoms with E-state index in [1.54, 1.807) is 0 Å². The molecule has 1 amide bonds. The minimum Gasteiger partial charge on any atom is -0.338 e. The first kappa shape index (κ1) is 14.0. The Bertz CT molecular complexity index is 677. The molecule has 3 heterocycles. The van der Waals surface area contributed by atoms with Gasteiger partial charge in [-0.25, -0.2) is 4.98 Å². The predicted molar refractivity (Wildman–Crippen MR) is 80.2 cm³/mol. The molecule has 0 spiro atoms. The van der Waals surface area contributed by atoms with Gasteiger partial charge in [-0.2, -0.15) is 0 Å². The standard InChI is InChI=1S/C16H21N3O2/c1-4-12-8-13(14-11(3)18-21-15(14)17-12)16(20)19-7-5-6-10(2)9-19/h8,10H,4-7,9H2,1-3H3/t10-/m1/s1. The van der Waals surface area contributed by atoms with Crippen LogP contribution in [0.25, 0.3) is 11.1 Å². The highest BCUT2D eigenvalue weighted by molar-refractivity contribution is 6.06. The van der Waals surface area contributed by atoms with E-state index in [0.29, 0.717) is 17.2 Å². The van der Waals surface area contributed by atoms with Gasteiger partial charge in [-0.05, 0) is 38.2 Å². The normalized spacial score (nSPS) is 19.2. The van der Waals surface area contributed by atoms with Crippen LogP contribution in [0.1, 0.15) is 48.4 Å². The monoisotopic (exact) mass is 287 g/mol. The van der Waals surface area contributed by atoms with Gasteiger partial charge in [0, 0.05) is 18.8 Å². The SMILES string of the molecule is CCc1cc(C(=O)N2CCC[C@@H](C)C2)c2c(C)noc2n1. The summed E-state index contributed by atoms with van der Waals surface area (Å²) in [6, 6.07) is 1.90. The molecule has 1 atom stereocenters. The molecule has 5 heteroatoms. The van der Waals surface area contributed by atoms with Crippen molar-refractivity contribution in [3.63, 3.8) is 0 Å². The number of aromatic nitrogens is 2. The summed E-state index contributed by atoms with van der Waals surface area (Å²) in [5.74, 6) is 0.643. The minimum atomic E-state index is 0.0787. The molecule has 0 saturated carbocycles. The quantitative estimate of drug-likeness (QED) is 0.852. The van der Waals surface area contributed by atoms with Crippen molar-refractivity contribution in [3.8, 4) is 0 Å². The molecule has 0 N–H and O–H groups in total. The van der Waals surface area contributed by atoms with Gasteiger partial charge >= 0.3 is 0 Å². The number of rotatable bonds is 2. The lowest BCUT2D eigenvalue weighted by atomic mass is 9.99. The van der Waals surface area contributed by atoms with E-state index in [2.05, 4.69) is 17.1 Å². The van der Waals surface area contributed by atoms with Crippen LogP contribution in [0.2, 0.25) is 0 Å². The van der Waals surface area contributed by atoms with Crippen LogP contribution in [0, 0.1) is 12.8 Å². The van der Waals surface area contributed by atoms with E-state index in [4.69, 9.17) is 4.52 Å². The summed E-state index contributed by atoms with van der Waals surface area (Å²) < 4.78 is 5.26. The number of carbonyl (C=O) groups excluding carboxylic acids is 1. The van der Waals surface area contributed by atoms with Crippen LogP contribution < -0.4 is 0 Å². The Morgan fingerprint density at radius 2 is 2.33 bits per heavy atom. The maximum absolute atomic E-state index is 12.9. The number of hydrogen-bond acceptors (Lipinski definition) is 4. The summed E-state index contributed by atoms with van der Waals surface area (Å²) in [5.41, 5.74) is 2.76.